The number of hydrogen-bond acceptors (Lipinski definition) is 3. The Bertz CT molecular complexity index is 513. The maximum Gasteiger partial charge on any atom is 0.212 e. The first-order valence-corrected chi connectivity index (χ1v) is 8.22. The molecule has 0 aliphatic rings. The number of nitrogens with two attached hydrogens (primary N) is 1. The van der Waals surface area contributed by atoms with Crippen LogP contribution in [0.3, 0.4) is 0 Å². The summed E-state index contributed by atoms with van der Waals surface area (Å²) in [7, 11) is -3.39. The van der Waals surface area contributed by atoms with E-state index in [0.717, 1.165) is 5.56 Å². The van der Waals surface area contributed by atoms with Crippen molar-refractivity contribution in [2.75, 3.05) is 5.75 Å². The number of nitrogens with one attached hydrogen (secondary N) is 1. The van der Waals surface area contributed by atoms with Gasteiger partial charge < -0.3 is 5.73 Å². The summed E-state index contributed by atoms with van der Waals surface area (Å²) in [5.74, 6) is 0.410. The van der Waals surface area contributed by atoms with Gasteiger partial charge in [-0.1, -0.05) is 56.4 Å². The van der Waals surface area contributed by atoms with Crippen LogP contribution >= 0.6 is 12.2 Å². The fourth-order valence-electron chi connectivity index (χ4n) is 1.57. The van der Waals surface area contributed by atoms with Gasteiger partial charge in [0.15, 0.2) is 0 Å². The van der Waals surface area contributed by atoms with Crippen LogP contribution in [0.4, 0.5) is 0 Å². The molecule has 0 spiro atoms. The molecule has 0 radical (unpaired) electrons. The Morgan fingerprint density at radius 1 is 1.32 bits per heavy atom. The monoisotopic (exact) mass is 300 g/mol. The average molecular weight is 300 g/mol. The van der Waals surface area contributed by atoms with E-state index in [4.69, 9.17) is 18.0 Å². The second-order valence-corrected chi connectivity index (χ2v) is 7.21. The highest BCUT2D eigenvalue weighted by molar-refractivity contribution is 7.89. The Morgan fingerprint density at radius 3 is 2.37 bits per heavy atom. The van der Waals surface area contributed by atoms with Crippen LogP contribution in [0.1, 0.15) is 31.9 Å². The van der Waals surface area contributed by atoms with Crippen molar-refractivity contribution in [1.29, 1.82) is 0 Å². The minimum Gasteiger partial charge on any atom is -0.392 e. The highest BCUT2D eigenvalue weighted by Crippen LogP contribution is 2.15. The molecule has 0 bridgehead atoms. The smallest absolute Gasteiger partial charge is 0.212 e. The lowest BCUT2D eigenvalue weighted by molar-refractivity contribution is 0.558. The molecule has 19 heavy (non-hydrogen) atoms. The third kappa shape index (κ3) is 5.67. The van der Waals surface area contributed by atoms with E-state index in [1.54, 1.807) is 12.1 Å². The highest BCUT2D eigenvalue weighted by atomic mass is 32.2. The van der Waals surface area contributed by atoms with Gasteiger partial charge in [0.2, 0.25) is 10.0 Å². The number of hydrogen-bond donors (Lipinski definition) is 2. The van der Waals surface area contributed by atoms with E-state index in [1.165, 1.54) is 0 Å². The summed E-state index contributed by atoms with van der Waals surface area (Å²) >= 11 is 4.95. The molecule has 0 fully saturated rings. The number of thiocarbonyl (C=S) groups is 1. The van der Waals surface area contributed by atoms with E-state index in [1.807, 2.05) is 32.0 Å². The van der Waals surface area contributed by atoms with Gasteiger partial charge >= 0.3 is 0 Å². The van der Waals surface area contributed by atoms with Crippen molar-refractivity contribution in [3.63, 3.8) is 0 Å². The van der Waals surface area contributed by atoms with Gasteiger partial charge in [-0.15, -0.1) is 0 Å². The van der Waals surface area contributed by atoms with E-state index in [0.29, 0.717) is 12.3 Å². The number of benzene rings is 1. The first-order valence-electron chi connectivity index (χ1n) is 6.16. The largest absolute Gasteiger partial charge is 0.392 e. The van der Waals surface area contributed by atoms with Gasteiger partial charge in [-0.05, 0) is 17.9 Å². The first kappa shape index (κ1) is 16.1. The zero-order chi connectivity index (χ0) is 14.5. The molecular formula is C13H20N2O2S2. The molecule has 3 N–H and O–H groups in total. The van der Waals surface area contributed by atoms with Crippen LogP contribution in [0, 0.1) is 5.92 Å². The van der Waals surface area contributed by atoms with Gasteiger partial charge in [0.1, 0.15) is 0 Å². The van der Waals surface area contributed by atoms with Crippen molar-refractivity contribution in [1.82, 2.24) is 4.72 Å². The molecule has 0 heterocycles. The van der Waals surface area contributed by atoms with Crippen LogP contribution in [0.5, 0.6) is 0 Å². The molecule has 1 aromatic carbocycles. The minimum absolute atomic E-state index is 0.0800. The fraction of sp³-hybridized carbons (Fsp3) is 0.462. The lowest BCUT2D eigenvalue weighted by Gasteiger charge is -2.18. The SMILES string of the molecule is CC(C)CCS(=O)(=O)NC(C(N)=S)c1ccccc1. The molecule has 106 valence electrons. The predicted octanol–water partition coefficient (Wildman–Crippen LogP) is 1.98. The summed E-state index contributed by atoms with van der Waals surface area (Å²) < 4.78 is 26.6. The maximum atomic E-state index is 12.0. The average Bonchev–Trinajstić information content (AvgIpc) is 2.35. The van der Waals surface area contributed by atoms with Crippen molar-refractivity contribution in [3.05, 3.63) is 35.9 Å². The summed E-state index contributed by atoms with van der Waals surface area (Å²) in [6.45, 7) is 3.97. The number of sulfonamides is 1. The Morgan fingerprint density at radius 2 is 1.89 bits per heavy atom. The van der Waals surface area contributed by atoms with E-state index >= 15 is 0 Å². The van der Waals surface area contributed by atoms with Gasteiger partial charge in [-0.3, -0.25) is 0 Å². The molecule has 0 amide bonds. The fourth-order valence-corrected chi connectivity index (χ4v) is 3.36. The summed E-state index contributed by atoms with van der Waals surface area (Å²) in [5, 5.41) is 0. The molecule has 1 unspecified atom stereocenters. The molecule has 0 saturated carbocycles. The van der Waals surface area contributed by atoms with Crippen LogP contribution in [-0.4, -0.2) is 19.2 Å². The molecule has 0 saturated heterocycles. The van der Waals surface area contributed by atoms with Crippen LogP contribution in [0.2, 0.25) is 0 Å². The van der Waals surface area contributed by atoms with Crippen LogP contribution in [0.25, 0.3) is 0 Å². The van der Waals surface area contributed by atoms with Gasteiger partial charge in [-0.2, -0.15) is 0 Å². The zero-order valence-electron chi connectivity index (χ0n) is 11.2. The van der Waals surface area contributed by atoms with Gasteiger partial charge in [-0.25, -0.2) is 13.1 Å². The van der Waals surface area contributed by atoms with Crippen molar-refractivity contribution in [2.45, 2.75) is 26.3 Å². The van der Waals surface area contributed by atoms with Crippen molar-refractivity contribution < 1.29 is 8.42 Å². The van der Waals surface area contributed by atoms with Crippen molar-refractivity contribution in [2.24, 2.45) is 11.7 Å². The molecule has 1 atom stereocenters. The molecule has 0 aromatic heterocycles. The van der Waals surface area contributed by atoms with Crippen LogP contribution in [-0.2, 0) is 10.0 Å². The Kier molecular flexibility index (Phi) is 5.90. The summed E-state index contributed by atoms with van der Waals surface area (Å²) in [6, 6.07) is 8.46. The lowest BCUT2D eigenvalue weighted by atomic mass is 10.1. The second kappa shape index (κ2) is 6.98. The van der Waals surface area contributed by atoms with E-state index in [9.17, 15) is 8.42 Å². The Hall–Kier alpha value is -0.980. The predicted molar refractivity (Wildman–Crippen MR) is 82.3 cm³/mol. The highest BCUT2D eigenvalue weighted by Gasteiger charge is 2.21. The third-order valence-electron chi connectivity index (χ3n) is 2.68. The summed E-state index contributed by atoms with van der Waals surface area (Å²) in [4.78, 5) is 0.124. The van der Waals surface area contributed by atoms with Gasteiger partial charge in [0, 0.05) is 0 Å². The van der Waals surface area contributed by atoms with Crippen molar-refractivity contribution >= 4 is 27.2 Å². The lowest BCUT2D eigenvalue weighted by Crippen LogP contribution is -2.37. The normalized spacial score (nSPS) is 13.4. The second-order valence-electron chi connectivity index (χ2n) is 4.87. The molecule has 1 aromatic rings. The molecule has 0 aliphatic heterocycles. The zero-order valence-corrected chi connectivity index (χ0v) is 12.8. The number of rotatable bonds is 7. The third-order valence-corrected chi connectivity index (χ3v) is 4.28. The summed E-state index contributed by atoms with van der Waals surface area (Å²) in [5.41, 5.74) is 6.39. The Balaban J connectivity index is 2.83. The quantitative estimate of drug-likeness (QED) is 0.755. The van der Waals surface area contributed by atoms with Crippen molar-refractivity contribution in [3.8, 4) is 0 Å². The molecule has 0 aliphatic carbocycles. The molecule has 6 heteroatoms. The maximum absolute atomic E-state index is 12.0. The Labute approximate surface area is 120 Å². The molecule has 1 rings (SSSR count). The van der Waals surface area contributed by atoms with E-state index in [-0.39, 0.29) is 10.7 Å². The van der Waals surface area contributed by atoms with Crippen LogP contribution < -0.4 is 10.5 Å². The van der Waals surface area contributed by atoms with Gasteiger partial charge in [0.05, 0.1) is 16.8 Å². The first-order chi connectivity index (χ1) is 8.82. The standard InChI is InChI=1S/C13H20N2O2S2/c1-10(2)8-9-19(16,17)15-12(13(14)18)11-6-4-3-5-7-11/h3-7,10,12,15H,8-9H2,1-2H3,(H2,14,18). The van der Waals surface area contributed by atoms with E-state index < -0.39 is 16.1 Å². The van der Waals surface area contributed by atoms with E-state index in [2.05, 4.69) is 4.72 Å². The molecular weight excluding hydrogens is 280 g/mol. The van der Waals surface area contributed by atoms with Gasteiger partial charge in [0.25, 0.3) is 0 Å². The summed E-state index contributed by atoms with van der Waals surface area (Å²) in [6.07, 6.45) is 0.605. The minimum atomic E-state index is -3.39. The molecule has 4 nitrogen and oxygen atoms in total. The topological polar surface area (TPSA) is 72.2 Å². The van der Waals surface area contributed by atoms with Crippen LogP contribution in [0.15, 0.2) is 30.3 Å².